The molecule has 1 unspecified atom stereocenters. The maximum absolute atomic E-state index is 13.0. The molecule has 1 aliphatic heterocycles. The third-order valence-electron chi connectivity index (χ3n) is 4.04. The number of amides is 1. The third kappa shape index (κ3) is 4.07. The highest BCUT2D eigenvalue weighted by molar-refractivity contribution is 5.90. The summed E-state index contributed by atoms with van der Waals surface area (Å²) in [5.41, 5.74) is 0.506. The third-order valence-corrected chi connectivity index (χ3v) is 4.04. The number of Topliss-reactive ketones (excluding diaryl/α,β-unsaturated/α-hetero) is 1. The van der Waals surface area contributed by atoms with Crippen LogP contribution in [-0.4, -0.2) is 36.5 Å². The second kappa shape index (κ2) is 7.73. The number of nitriles is 1. The van der Waals surface area contributed by atoms with Gasteiger partial charge in [-0.3, -0.25) is 4.79 Å². The van der Waals surface area contributed by atoms with Crippen LogP contribution >= 0.6 is 0 Å². The Morgan fingerprint density at radius 3 is 2.48 bits per heavy atom. The van der Waals surface area contributed by atoms with Crippen LogP contribution in [0, 0.1) is 23.1 Å². The van der Waals surface area contributed by atoms with Crippen LogP contribution in [0.4, 0.5) is 9.18 Å². The quantitative estimate of drug-likeness (QED) is 0.856. The summed E-state index contributed by atoms with van der Waals surface area (Å²) in [5, 5.41) is 9.31. The van der Waals surface area contributed by atoms with Gasteiger partial charge >= 0.3 is 6.09 Å². The van der Waals surface area contributed by atoms with Gasteiger partial charge in [0.1, 0.15) is 11.7 Å². The SMILES string of the molecule is CCOC(=O)N1CCC(C(=O)C(C#N)c2ccc(F)cc2)CC1. The van der Waals surface area contributed by atoms with Crippen LogP contribution < -0.4 is 0 Å². The topological polar surface area (TPSA) is 70.4 Å². The van der Waals surface area contributed by atoms with E-state index < -0.39 is 11.7 Å². The number of likely N-dealkylation sites (tertiary alicyclic amines) is 1. The van der Waals surface area contributed by atoms with Crippen LogP contribution in [0.25, 0.3) is 0 Å². The van der Waals surface area contributed by atoms with Crippen molar-refractivity contribution < 1.29 is 18.7 Å². The average Bonchev–Trinajstić information content (AvgIpc) is 2.57. The molecule has 1 fully saturated rings. The lowest BCUT2D eigenvalue weighted by Gasteiger charge is -2.31. The largest absolute Gasteiger partial charge is 0.450 e. The van der Waals surface area contributed by atoms with Gasteiger partial charge in [0.25, 0.3) is 0 Å². The smallest absolute Gasteiger partial charge is 0.409 e. The first-order chi connectivity index (χ1) is 11.1. The van der Waals surface area contributed by atoms with E-state index >= 15 is 0 Å². The van der Waals surface area contributed by atoms with Gasteiger partial charge in [-0.05, 0) is 37.5 Å². The molecule has 0 aromatic heterocycles. The summed E-state index contributed by atoms with van der Waals surface area (Å²) in [5.74, 6) is -1.73. The Bertz CT molecular complexity index is 601. The zero-order valence-corrected chi connectivity index (χ0v) is 13.0. The van der Waals surface area contributed by atoms with Crippen molar-refractivity contribution in [1.82, 2.24) is 4.90 Å². The molecular formula is C17H19FN2O3. The molecule has 122 valence electrons. The van der Waals surface area contributed by atoms with E-state index in [1.165, 1.54) is 24.3 Å². The fraction of sp³-hybridized carbons (Fsp3) is 0.471. The van der Waals surface area contributed by atoms with Gasteiger partial charge in [-0.2, -0.15) is 5.26 Å². The molecule has 1 heterocycles. The Hall–Kier alpha value is -2.42. The first-order valence-corrected chi connectivity index (χ1v) is 7.67. The predicted octanol–water partition coefficient (Wildman–Crippen LogP) is 2.87. The van der Waals surface area contributed by atoms with Crippen LogP contribution in [0.5, 0.6) is 0 Å². The van der Waals surface area contributed by atoms with Crippen LogP contribution in [0.1, 0.15) is 31.2 Å². The lowest BCUT2D eigenvalue weighted by Crippen LogP contribution is -2.41. The van der Waals surface area contributed by atoms with Crippen LogP contribution in [0.2, 0.25) is 0 Å². The van der Waals surface area contributed by atoms with Crippen LogP contribution in [-0.2, 0) is 9.53 Å². The summed E-state index contributed by atoms with van der Waals surface area (Å²) in [6, 6.07) is 7.44. The van der Waals surface area contributed by atoms with E-state index in [1.54, 1.807) is 11.8 Å². The number of rotatable bonds is 4. The van der Waals surface area contributed by atoms with Crippen LogP contribution in [0.3, 0.4) is 0 Å². The standard InChI is InChI=1S/C17H19FN2O3/c1-2-23-17(22)20-9-7-13(8-10-20)16(21)15(11-19)12-3-5-14(18)6-4-12/h3-6,13,15H,2,7-10H2,1H3. The number of piperidine rings is 1. The number of benzene rings is 1. The van der Waals surface area contributed by atoms with Crippen molar-refractivity contribution in [2.75, 3.05) is 19.7 Å². The van der Waals surface area contributed by atoms with Gasteiger partial charge in [-0.1, -0.05) is 12.1 Å². The normalized spacial score (nSPS) is 16.5. The summed E-state index contributed by atoms with van der Waals surface area (Å²) in [4.78, 5) is 25.8. The van der Waals surface area contributed by atoms with E-state index in [0.29, 0.717) is 38.1 Å². The number of carbonyl (C=O) groups excluding carboxylic acids is 2. The second-order valence-corrected chi connectivity index (χ2v) is 5.48. The lowest BCUT2D eigenvalue weighted by atomic mass is 9.83. The number of ketones is 1. The van der Waals surface area contributed by atoms with E-state index in [1.807, 2.05) is 6.07 Å². The molecule has 0 N–H and O–H groups in total. The van der Waals surface area contributed by atoms with Gasteiger partial charge < -0.3 is 9.64 Å². The van der Waals surface area contributed by atoms with Crippen molar-refractivity contribution in [2.24, 2.45) is 5.92 Å². The van der Waals surface area contributed by atoms with Crippen molar-refractivity contribution in [2.45, 2.75) is 25.7 Å². The predicted molar refractivity (Wildman–Crippen MR) is 81.1 cm³/mol. The number of nitrogens with zero attached hydrogens (tertiary/aromatic N) is 2. The molecule has 1 saturated heterocycles. The molecule has 1 aliphatic rings. The van der Waals surface area contributed by atoms with E-state index in [4.69, 9.17) is 4.74 Å². The minimum Gasteiger partial charge on any atom is -0.450 e. The maximum Gasteiger partial charge on any atom is 0.409 e. The molecule has 0 radical (unpaired) electrons. The minimum absolute atomic E-state index is 0.164. The molecule has 1 atom stereocenters. The van der Waals surface area contributed by atoms with Gasteiger partial charge in [0, 0.05) is 19.0 Å². The summed E-state index contributed by atoms with van der Waals surface area (Å²) in [6.07, 6.45) is 0.655. The molecular weight excluding hydrogens is 299 g/mol. The van der Waals surface area contributed by atoms with Gasteiger partial charge in [0.2, 0.25) is 0 Å². The van der Waals surface area contributed by atoms with Gasteiger partial charge in [-0.15, -0.1) is 0 Å². The lowest BCUT2D eigenvalue weighted by molar-refractivity contribution is -0.124. The Morgan fingerprint density at radius 1 is 1.35 bits per heavy atom. The van der Waals surface area contributed by atoms with Crippen molar-refractivity contribution in [3.63, 3.8) is 0 Å². The number of halogens is 1. The zero-order valence-electron chi connectivity index (χ0n) is 13.0. The highest BCUT2D eigenvalue weighted by Crippen LogP contribution is 2.27. The molecule has 0 aliphatic carbocycles. The summed E-state index contributed by atoms with van der Waals surface area (Å²) >= 11 is 0. The minimum atomic E-state index is -0.894. The van der Waals surface area contributed by atoms with Crippen molar-refractivity contribution in [3.05, 3.63) is 35.6 Å². The van der Waals surface area contributed by atoms with Crippen molar-refractivity contribution in [1.29, 1.82) is 5.26 Å². The fourth-order valence-electron chi connectivity index (χ4n) is 2.75. The second-order valence-electron chi connectivity index (χ2n) is 5.48. The summed E-state index contributed by atoms with van der Waals surface area (Å²) in [6.45, 7) is 2.95. The first-order valence-electron chi connectivity index (χ1n) is 7.67. The number of hydrogen-bond donors (Lipinski definition) is 0. The van der Waals surface area contributed by atoms with Gasteiger partial charge in [0.15, 0.2) is 5.78 Å². The summed E-state index contributed by atoms with van der Waals surface area (Å²) < 4.78 is 17.9. The van der Waals surface area contributed by atoms with Gasteiger partial charge in [0.05, 0.1) is 12.7 Å². The van der Waals surface area contributed by atoms with Crippen molar-refractivity contribution in [3.8, 4) is 6.07 Å². The Morgan fingerprint density at radius 2 is 1.96 bits per heavy atom. The Balaban J connectivity index is 1.99. The molecule has 5 nitrogen and oxygen atoms in total. The Kier molecular flexibility index (Phi) is 5.69. The van der Waals surface area contributed by atoms with Crippen molar-refractivity contribution >= 4 is 11.9 Å². The van der Waals surface area contributed by atoms with E-state index in [9.17, 15) is 19.2 Å². The number of ether oxygens (including phenoxy) is 1. The molecule has 2 rings (SSSR count). The monoisotopic (exact) mass is 318 g/mol. The molecule has 0 spiro atoms. The Labute approximate surface area is 134 Å². The van der Waals surface area contributed by atoms with E-state index in [2.05, 4.69) is 0 Å². The highest BCUT2D eigenvalue weighted by atomic mass is 19.1. The molecule has 1 amide bonds. The zero-order chi connectivity index (χ0) is 16.8. The number of hydrogen-bond acceptors (Lipinski definition) is 4. The van der Waals surface area contributed by atoms with Crippen LogP contribution in [0.15, 0.2) is 24.3 Å². The average molecular weight is 318 g/mol. The highest BCUT2D eigenvalue weighted by Gasteiger charge is 2.32. The maximum atomic E-state index is 13.0. The number of carbonyl (C=O) groups is 2. The van der Waals surface area contributed by atoms with E-state index in [0.717, 1.165) is 0 Å². The summed E-state index contributed by atoms with van der Waals surface area (Å²) in [7, 11) is 0. The molecule has 6 heteroatoms. The first kappa shape index (κ1) is 16.9. The molecule has 0 bridgehead atoms. The molecule has 1 aromatic rings. The molecule has 23 heavy (non-hydrogen) atoms. The molecule has 1 aromatic carbocycles. The van der Waals surface area contributed by atoms with E-state index in [-0.39, 0.29) is 17.8 Å². The fourth-order valence-corrected chi connectivity index (χ4v) is 2.75. The molecule has 0 saturated carbocycles. The van der Waals surface area contributed by atoms with Gasteiger partial charge in [-0.25, -0.2) is 9.18 Å².